The largest absolute Gasteiger partial charge is 0.465 e. The molecule has 9 heteroatoms. The summed E-state index contributed by atoms with van der Waals surface area (Å²) in [5.41, 5.74) is 0. The van der Waals surface area contributed by atoms with E-state index in [0.717, 1.165) is 0 Å². The van der Waals surface area contributed by atoms with Gasteiger partial charge in [-0.2, -0.15) is 0 Å². The number of hydrogen-bond acceptors (Lipinski definition) is 5. The molecule has 0 aliphatic carbocycles. The van der Waals surface area contributed by atoms with Gasteiger partial charge in [-0.1, -0.05) is 0 Å². The molecule has 0 fully saturated rings. The lowest BCUT2D eigenvalue weighted by molar-refractivity contribution is -0.145. The van der Waals surface area contributed by atoms with Gasteiger partial charge >= 0.3 is 11.9 Å². The number of carbonyl (C=O) groups is 2. The summed E-state index contributed by atoms with van der Waals surface area (Å²) in [5, 5.41) is 2.14. The van der Waals surface area contributed by atoms with Crippen LogP contribution < -0.4 is 10.2 Å². The molecule has 7 nitrogen and oxygen atoms in total. The average molecular weight is 406 g/mol. The number of rotatable bonds is 8. The maximum Gasteiger partial charge on any atom is 0.323 e. The topological polar surface area (TPSA) is 93.7 Å². The van der Waals surface area contributed by atoms with Crippen LogP contribution in [0.15, 0.2) is 0 Å². The predicted molar refractivity (Wildman–Crippen MR) is 80.1 cm³/mol. The number of ether oxygens (including phenoxy) is 2. The molecule has 2 atom stereocenters. The first-order valence-corrected chi connectivity index (χ1v) is 10.4. The Balaban J connectivity index is 4.43. The van der Waals surface area contributed by atoms with Crippen molar-refractivity contribution in [1.82, 2.24) is 10.2 Å². The minimum atomic E-state index is -3.09. The Morgan fingerprint density at radius 2 is 1.37 bits per heavy atom. The lowest BCUT2D eigenvalue weighted by Crippen LogP contribution is -2.40. The third-order valence-electron chi connectivity index (χ3n) is 2.00. The fourth-order valence-corrected chi connectivity index (χ4v) is 4.96. The van der Waals surface area contributed by atoms with Gasteiger partial charge in [-0.25, -0.2) is 10.2 Å². The molecular formula is C10H20IN2O5P. The Morgan fingerprint density at radius 3 is 1.63 bits per heavy atom. The number of esters is 2. The second-order valence-corrected chi connectivity index (χ2v) is 9.40. The third kappa shape index (κ3) is 7.86. The van der Waals surface area contributed by atoms with Gasteiger partial charge in [0.05, 0.1) is 13.2 Å². The van der Waals surface area contributed by atoms with E-state index < -0.39 is 29.1 Å². The summed E-state index contributed by atoms with van der Waals surface area (Å²) in [7, 11) is 0. The van der Waals surface area contributed by atoms with Crippen LogP contribution in [0.4, 0.5) is 0 Å². The fraction of sp³-hybridized carbons (Fsp3) is 0.800. The first kappa shape index (κ1) is 18.8. The Kier molecular flexibility index (Phi) is 8.80. The summed E-state index contributed by atoms with van der Waals surface area (Å²) in [5.74, 6) is -0.991. The summed E-state index contributed by atoms with van der Waals surface area (Å²) in [6.07, 6.45) is 0. The minimum Gasteiger partial charge on any atom is -0.465 e. The number of nitrogens with one attached hydrogen (secondary N) is 2. The molecule has 0 saturated carbocycles. The highest BCUT2D eigenvalue weighted by molar-refractivity contribution is 14.2. The van der Waals surface area contributed by atoms with E-state index in [4.69, 9.17) is 9.47 Å². The van der Waals surface area contributed by atoms with E-state index >= 15 is 0 Å². The number of halogens is 1. The average Bonchev–Trinajstić information content (AvgIpc) is 2.28. The van der Waals surface area contributed by atoms with Crippen molar-refractivity contribution in [2.45, 2.75) is 39.8 Å². The van der Waals surface area contributed by atoms with E-state index in [1.807, 2.05) is 0 Å². The van der Waals surface area contributed by atoms with Crippen LogP contribution in [0.2, 0.25) is 0 Å². The third-order valence-corrected chi connectivity index (χ3v) is 5.11. The normalized spacial score (nSPS) is 14.6. The SMILES string of the molecule is CCOC(=O)[C@@H](C)NP(=O)(I)N[C@H](C)C(=O)OCC. The Bertz CT molecular complexity index is 336. The molecule has 19 heavy (non-hydrogen) atoms. The Morgan fingerprint density at radius 1 is 1.05 bits per heavy atom. The van der Waals surface area contributed by atoms with Gasteiger partial charge < -0.3 is 9.47 Å². The molecule has 0 aromatic carbocycles. The van der Waals surface area contributed by atoms with Gasteiger partial charge in [0.25, 0.3) is 5.09 Å². The van der Waals surface area contributed by atoms with Gasteiger partial charge in [-0.05, 0) is 27.7 Å². The number of carbonyl (C=O) groups excluding carboxylic acids is 2. The molecule has 0 bridgehead atoms. The van der Waals surface area contributed by atoms with Gasteiger partial charge in [-0.15, -0.1) is 0 Å². The molecule has 0 amide bonds. The van der Waals surface area contributed by atoms with E-state index in [0.29, 0.717) is 0 Å². The molecule has 0 heterocycles. The smallest absolute Gasteiger partial charge is 0.323 e. The molecule has 0 saturated heterocycles. The van der Waals surface area contributed by atoms with Crippen molar-refractivity contribution in [2.75, 3.05) is 13.2 Å². The van der Waals surface area contributed by atoms with Crippen molar-refractivity contribution in [2.24, 2.45) is 0 Å². The standard InChI is InChI=1S/C10H20IN2O5P/c1-5-17-9(14)7(3)12-19(11,16)13-8(4)10(15)18-6-2/h7-8H,5-6H2,1-4H3,(H2,12,13,16)/t7-,8-/m1/s1. The van der Waals surface area contributed by atoms with Crippen molar-refractivity contribution in [1.29, 1.82) is 0 Å². The van der Waals surface area contributed by atoms with E-state index in [1.165, 1.54) is 0 Å². The van der Waals surface area contributed by atoms with E-state index in [9.17, 15) is 14.2 Å². The molecule has 0 radical (unpaired) electrons. The maximum absolute atomic E-state index is 12.2. The molecule has 0 aliphatic heterocycles. The minimum absolute atomic E-state index is 0.253. The first-order chi connectivity index (χ1) is 8.73. The lowest BCUT2D eigenvalue weighted by Gasteiger charge is -2.21. The van der Waals surface area contributed by atoms with Gasteiger partial charge in [0, 0.05) is 22.0 Å². The van der Waals surface area contributed by atoms with Gasteiger partial charge in [-0.3, -0.25) is 14.2 Å². The van der Waals surface area contributed by atoms with Crippen molar-refractivity contribution >= 4 is 39.1 Å². The Hall–Kier alpha value is -0.180. The van der Waals surface area contributed by atoms with Crippen LogP contribution in [-0.2, 0) is 23.6 Å². The second kappa shape index (κ2) is 8.89. The van der Waals surface area contributed by atoms with Crippen LogP contribution >= 0.6 is 27.1 Å². The van der Waals surface area contributed by atoms with Crippen LogP contribution in [0.5, 0.6) is 0 Å². The van der Waals surface area contributed by atoms with E-state index in [2.05, 4.69) is 10.2 Å². The summed E-state index contributed by atoms with van der Waals surface area (Å²) in [4.78, 5) is 22.8. The Labute approximate surface area is 126 Å². The zero-order valence-corrected chi connectivity index (χ0v) is 14.5. The van der Waals surface area contributed by atoms with E-state index in [-0.39, 0.29) is 13.2 Å². The van der Waals surface area contributed by atoms with Gasteiger partial charge in [0.1, 0.15) is 12.1 Å². The van der Waals surface area contributed by atoms with Crippen LogP contribution in [0.25, 0.3) is 0 Å². The predicted octanol–water partition coefficient (Wildman–Crippen LogP) is 1.61. The quantitative estimate of drug-likeness (QED) is 0.360. The number of hydrogen-bond donors (Lipinski definition) is 2. The summed E-state index contributed by atoms with van der Waals surface area (Å²) in [6.45, 7) is 6.97. The summed E-state index contributed by atoms with van der Waals surface area (Å²) < 4.78 is 21.8. The van der Waals surface area contributed by atoms with Crippen molar-refractivity contribution in [3.05, 3.63) is 0 Å². The highest BCUT2D eigenvalue weighted by Crippen LogP contribution is 2.46. The summed E-state index contributed by atoms with van der Waals surface area (Å²) >= 11 is 1.65. The van der Waals surface area contributed by atoms with Crippen LogP contribution in [0, 0.1) is 0 Å². The lowest BCUT2D eigenvalue weighted by atomic mass is 10.4. The monoisotopic (exact) mass is 406 g/mol. The molecule has 0 rings (SSSR count). The molecule has 112 valence electrons. The summed E-state index contributed by atoms with van der Waals surface area (Å²) in [6, 6.07) is -1.46. The highest BCUT2D eigenvalue weighted by Gasteiger charge is 2.28. The van der Waals surface area contributed by atoms with Crippen LogP contribution in [0.3, 0.4) is 0 Å². The molecule has 0 aliphatic rings. The van der Waals surface area contributed by atoms with Crippen molar-refractivity contribution in [3.63, 3.8) is 0 Å². The highest BCUT2D eigenvalue weighted by atomic mass is 127. The second-order valence-electron chi connectivity index (χ2n) is 3.74. The van der Waals surface area contributed by atoms with Crippen LogP contribution in [-0.4, -0.2) is 37.2 Å². The van der Waals surface area contributed by atoms with Crippen molar-refractivity contribution < 1.29 is 23.6 Å². The molecule has 0 unspecified atom stereocenters. The first-order valence-electron chi connectivity index (χ1n) is 5.92. The maximum atomic E-state index is 12.2. The zero-order valence-electron chi connectivity index (χ0n) is 11.4. The molecule has 0 aromatic rings. The fourth-order valence-electron chi connectivity index (χ4n) is 1.18. The molecule has 0 spiro atoms. The van der Waals surface area contributed by atoms with E-state index in [1.54, 1.807) is 49.7 Å². The molecular weight excluding hydrogens is 386 g/mol. The van der Waals surface area contributed by atoms with Crippen molar-refractivity contribution in [3.8, 4) is 0 Å². The molecule has 2 N–H and O–H groups in total. The molecule has 0 aromatic heterocycles. The van der Waals surface area contributed by atoms with Gasteiger partial charge in [0.15, 0.2) is 0 Å². The van der Waals surface area contributed by atoms with Crippen LogP contribution in [0.1, 0.15) is 27.7 Å². The zero-order chi connectivity index (χ0) is 15.1. The van der Waals surface area contributed by atoms with Gasteiger partial charge in [0.2, 0.25) is 0 Å².